The highest BCUT2D eigenvalue weighted by Gasteiger charge is 2.05. The number of nitrogens with one attached hydrogen (secondary N) is 2. The Bertz CT molecular complexity index is 663. The molecule has 0 aliphatic carbocycles. The van der Waals surface area contributed by atoms with E-state index in [2.05, 4.69) is 46.1 Å². The van der Waals surface area contributed by atoms with Crippen LogP contribution in [0.15, 0.2) is 40.7 Å². The normalized spacial score (nSPS) is 10.8. The summed E-state index contributed by atoms with van der Waals surface area (Å²) in [5.74, 6) is 2.37. The van der Waals surface area contributed by atoms with E-state index in [-0.39, 0.29) is 24.0 Å². The molecule has 1 aromatic carbocycles. The summed E-state index contributed by atoms with van der Waals surface area (Å²) in [4.78, 5) is 6.00. The Kier molecular flexibility index (Phi) is 11.1. The number of nitrogens with zero attached hydrogens (tertiary/aromatic N) is 1. The van der Waals surface area contributed by atoms with Gasteiger partial charge >= 0.3 is 0 Å². The summed E-state index contributed by atoms with van der Waals surface area (Å²) in [7, 11) is 3.30. The van der Waals surface area contributed by atoms with Gasteiger partial charge in [-0.25, -0.2) is 0 Å². The molecule has 2 aromatic rings. The van der Waals surface area contributed by atoms with Crippen molar-refractivity contribution in [3.8, 4) is 11.5 Å². The van der Waals surface area contributed by atoms with Crippen molar-refractivity contribution >= 4 is 41.3 Å². The Hall–Kier alpha value is -1.48. The molecule has 0 amide bonds. The third kappa shape index (κ3) is 7.41. The number of methoxy groups -OCH3 is 2. The number of halogens is 1. The summed E-state index contributed by atoms with van der Waals surface area (Å²) >= 11 is 1.78. The molecule has 1 heterocycles. The Labute approximate surface area is 177 Å². The van der Waals surface area contributed by atoms with Gasteiger partial charge in [0.25, 0.3) is 0 Å². The fourth-order valence-corrected chi connectivity index (χ4v) is 3.13. The SMILES string of the molecule is CCNC(=NCCc1cccs1)NCCc1ccc(OC)c(OC)c1.I. The van der Waals surface area contributed by atoms with Crippen molar-refractivity contribution in [2.24, 2.45) is 4.99 Å². The van der Waals surface area contributed by atoms with Crippen molar-refractivity contribution in [3.05, 3.63) is 46.2 Å². The highest BCUT2D eigenvalue weighted by atomic mass is 127. The van der Waals surface area contributed by atoms with Crippen molar-refractivity contribution in [3.63, 3.8) is 0 Å². The first kappa shape index (κ1) is 22.6. The first-order chi connectivity index (χ1) is 12.3. The van der Waals surface area contributed by atoms with Crippen molar-refractivity contribution < 1.29 is 9.47 Å². The van der Waals surface area contributed by atoms with Crippen molar-refractivity contribution in [1.29, 1.82) is 0 Å². The van der Waals surface area contributed by atoms with Crippen LogP contribution in [-0.4, -0.2) is 39.8 Å². The van der Waals surface area contributed by atoms with E-state index in [0.717, 1.165) is 49.9 Å². The topological polar surface area (TPSA) is 54.9 Å². The van der Waals surface area contributed by atoms with Gasteiger partial charge in [0.2, 0.25) is 0 Å². The molecule has 2 rings (SSSR count). The van der Waals surface area contributed by atoms with Crippen molar-refractivity contribution in [2.75, 3.05) is 33.9 Å². The van der Waals surface area contributed by atoms with Gasteiger partial charge in [-0.05, 0) is 42.5 Å². The van der Waals surface area contributed by atoms with E-state index in [9.17, 15) is 0 Å². The van der Waals surface area contributed by atoms with Gasteiger partial charge in [0.1, 0.15) is 0 Å². The van der Waals surface area contributed by atoms with E-state index < -0.39 is 0 Å². The van der Waals surface area contributed by atoms with Crippen LogP contribution in [0.25, 0.3) is 0 Å². The number of hydrogen-bond acceptors (Lipinski definition) is 4. The van der Waals surface area contributed by atoms with E-state index >= 15 is 0 Å². The number of rotatable bonds is 9. The zero-order valence-corrected chi connectivity index (χ0v) is 18.7. The second-order valence-electron chi connectivity index (χ2n) is 5.46. The molecule has 144 valence electrons. The molecule has 0 aliphatic rings. The van der Waals surface area contributed by atoms with Gasteiger partial charge in [-0.2, -0.15) is 0 Å². The molecule has 26 heavy (non-hydrogen) atoms. The lowest BCUT2D eigenvalue weighted by Gasteiger charge is -2.12. The van der Waals surface area contributed by atoms with Crippen LogP contribution in [0, 0.1) is 0 Å². The average molecular weight is 489 g/mol. The third-order valence-electron chi connectivity index (χ3n) is 3.71. The number of aliphatic imine (C=N–C) groups is 1. The van der Waals surface area contributed by atoms with Crippen LogP contribution < -0.4 is 20.1 Å². The fraction of sp³-hybridized carbons (Fsp3) is 0.421. The molecule has 0 spiro atoms. The Morgan fingerprint density at radius 2 is 1.88 bits per heavy atom. The maximum atomic E-state index is 5.35. The molecule has 0 aliphatic heterocycles. The Morgan fingerprint density at radius 3 is 2.54 bits per heavy atom. The van der Waals surface area contributed by atoms with Crippen LogP contribution in [0.4, 0.5) is 0 Å². The van der Waals surface area contributed by atoms with E-state index in [1.807, 2.05) is 12.1 Å². The number of hydrogen-bond donors (Lipinski definition) is 2. The summed E-state index contributed by atoms with van der Waals surface area (Å²) in [6.45, 7) is 4.51. The lowest BCUT2D eigenvalue weighted by Crippen LogP contribution is -2.38. The Balaban J connectivity index is 0.00000338. The van der Waals surface area contributed by atoms with E-state index in [4.69, 9.17) is 9.47 Å². The first-order valence-corrected chi connectivity index (χ1v) is 9.40. The molecule has 0 radical (unpaired) electrons. The summed E-state index contributed by atoms with van der Waals surface area (Å²) in [5, 5.41) is 8.78. The molecule has 0 saturated heterocycles. The molecule has 0 atom stereocenters. The molecule has 5 nitrogen and oxygen atoms in total. The predicted molar refractivity (Wildman–Crippen MR) is 121 cm³/mol. The molecule has 1 aromatic heterocycles. The maximum Gasteiger partial charge on any atom is 0.191 e. The minimum atomic E-state index is 0. The summed E-state index contributed by atoms with van der Waals surface area (Å²) in [5.41, 5.74) is 1.19. The maximum absolute atomic E-state index is 5.35. The average Bonchev–Trinajstić information content (AvgIpc) is 3.15. The lowest BCUT2D eigenvalue weighted by molar-refractivity contribution is 0.354. The zero-order valence-electron chi connectivity index (χ0n) is 15.6. The second kappa shape index (κ2) is 12.8. The minimum absolute atomic E-state index is 0. The number of guanidine groups is 1. The smallest absolute Gasteiger partial charge is 0.191 e. The minimum Gasteiger partial charge on any atom is -0.493 e. The largest absolute Gasteiger partial charge is 0.493 e. The van der Waals surface area contributed by atoms with Crippen LogP contribution in [-0.2, 0) is 12.8 Å². The number of benzene rings is 1. The second-order valence-corrected chi connectivity index (χ2v) is 6.49. The van der Waals surface area contributed by atoms with Crippen LogP contribution >= 0.6 is 35.3 Å². The number of thiophene rings is 1. The van der Waals surface area contributed by atoms with Gasteiger partial charge < -0.3 is 20.1 Å². The summed E-state index contributed by atoms with van der Waals surface area (Å²) < 4.78 is 10.6. The fourth-order valence-electron chi connectivity index (χ4n) is 2.44. The summed E-state index contributed by atoms with van der Waals surface area (Å²) in [6, 6.07) is 10.2. The van der Waals surface area contributed by atoms with Crippen LogP contribution in [0.1, 0.15) is 17.4 Å². The molecule has 2 N–H and O–H groups in total. The predicted octanol–water partition coefficient (Wildman–Crippen LogP) is 3.72. The summed E-state index contributed by atoms with van der Waals surface area (Å²) in [6.07, 6.45) is 1.86. The van der Waals surface area contributed by atoms with E-state index in [1.165, 1.54) is 10.4 Å². The zero-order chi connectivity index (χ0) is 17.9. The molecule has 0 bridgehead atoms. The molecule has 7 heteroatoms. The molecular weight excluding hydrogens is 461 g/mol. The van der Waals surface area contributed by atoms with Gasteiger partial charge in [0.05, 0.1) is 14.2 Å². The molecular formula is C19H28IN3O2S. The third-order valence-corrected chi connectivity index (χ3v) is 4.64. The highest BCUT2D eigenvalue weighted by molar-refractivity contribution is 14.0. The molecule has 0 fully saturated rings. The van der Waals surface area contributed by atoms with E-state index in [0.29, 0.717) is 0 Å². The highest BCUT2D eigenvalue weighted by Crippen LogP contribution is 2.27. The van der Waals surface area contributed by atoms with Gasteiger partial charge in [0.15, 0.2) is 17.5 Å². The lowest BCUT2D eigenvalue weighted by atomic mass is 10.1. The standard InChI is InChI=1S/C19H27N3O2S.HI/c1-4-20-19(22-12-10-16-6-5-13-25-16)21-11-9-15-7-8-17(23-2)18(14-15)24-3;/h5-8,13-14H,4,9-12H2,1-3H3,(H2,20,21,22);1H. The van der Waals surface area contributed by atoms with Crippen molar-refractivity contribution in [1.82, 2.24) is 10.6 Å². The van der Waals surface area contributed by atoms with Gasteiger partial charge in [-0.15, -0.1) is 35.3 Å². The van der Waals surface area contributed by atoms with E-state index in [1.54, 1.807) is 25.6 Å². The monoisotopic (exact) mass is 489 g/mol. The van der Waals surface area contributed by atoms with Gasteiger partial charge in [-0.3, -0.25) is 4.99 Å². The molecule has 0 unspecified atom stereocenters. The first-order valence-electron chi connectivity index (χ1n) is 8.52. The molecule has 0 saturated carbocycles. The quantitative estimate of drug-likeness (QED) is 0.320. The van der Waals surface area contributed by atoms with Gasteiger partial charge in [0, 0.05) is 30.9 Å². The number of ether oxygens (including phenoxy) is 2. The van der Waals surface area contributed by atoms with Crippen LogP contribution in [0.2, 0.25) is 0 Å². The van der Waals surface area contributed by atoms with Gasteiger partial charge in [-0.1, -0.05) is 12.1 Å². The van der Waals surface area contributed by atoms with Crippen LogP contribution in [0.3, 0.4) is 0 Å². The van der Waals surface area contributed by atoms with Crippen LogP contribution in [0.5, 0.6) is 11.5 Å². The van der Waals surface area contributed by atoms with Crippen molar-refractivity contribution in [2.45, 2.75) is 19.8 Å². The Morgan fingerprint density at radius 1 is 1.08 bits per heavy atom.